The quantitative estimate of drug-likeness (QED) is 0.807. The Bertz CT molecular complexity index is 701. The van der Waals surface area contributed by atoms with Gasteiger partial charge in [-0.05, 0) is 38.7 Å². The van der Waals surface area contributed by atoms with Gasteiger partial charge in [0.25, 0.3) is 5.91 Å². The van der Waals surface area contributed by atoms with Crippen LogP contribution in [0.1, 0.15) is 73.7 Å². The van der Waals surface area contributed by atoms with Gasteiger partial charge < -0.3 is 9.47 Å². The molecule has 0 N–H and O–H groups in total. The summed E-state index contributed by atoms with van der Waals surface area (Å²) in [6.07, 6.45) is 6.39. The highest BCUT2D eigenvalue weighted by Crippen LogP contribution is 2.32. The number of rotatable bonds is 4. The Kier molecular flexibility index (Phi) is 6.26. The zero-order valence-electron chi connectivity index (χ0n) is 17.4. The Balaban J connectivity index is 1.69. The molecule has 148 valence electrons. The zero-order valence-corrected chi connectivity index (χ0v) is 17.4. The molecular weight excluding hydrogens is 336 g/mol. The molecule has 1 unspecified atom stereocenters. The molecule has 5 nitrogen and oxygen atoms in total. The molecule has 2 fully saturated rings. The maximum Gasteiger partial charge on any atom is 0.255 e. The lowest BCUT2D eigenvalue weighted by molar-refractivity contribution is 0.0576. The molecule has 1 saturated heterocycles. The summed E-state index contributed by atoms with van der Waals surface area (Å²) >= 11 is 0. The lowest BCUT2D eigenvalue weighted by atomic mass is 9.95. The van der Waals surface area contributed by atoms with Crippen molar-refractivity contribution in [3.8, 4) is 6.07 Å². The highest BCUT2D eigenvalue weighted by Gasteiger charge is 2.30. The minimum absolute atomic E-state index is 0.0568. The summed E-state index contributed by atoms with van der Waals surface area (Å²) in [6.45, 7) is 11.4. The predicted molar refractivity (Wildman–Crippen MR) is 108 cm³/mol. The second-order valence-corrected chi connectivity index (χ2v) is 8.59. The minimum Gasteiger partial charge on any atom is -0.345 e. The molecule has 1 aromatic rings. The van der Waals surface area contributed by atoms with Crippen molar-refractivity contribution < 1.29 is 4.79 Å². The first-order valence-corrected chi connectivity index (χ1v) is 10.6. The van der Waals surface area contributed by atoms with Crippen molar-refractivity contribution in [2.75, 3.05) is 26.2 Å². The van der Waals surface area contributed by atoms with Crippen LogP contribution >= 0.6 is 0 Å². The smallest absolute Gasteiger partial charge is 0.255 e. The van der Waals surface area contributed by atoms with Crippen LogP contribution in [-0.2, 0) is 0 Å². The summed E-state index contributed by atoms with van der Waals surface area (Å²) in [5, 5.41) is 9.42. The zero-order chi connectivity index (χ0) is 19.6. The highest BCUT2D eigenvalue weighted by molar-refractivity contribution is 5.95. The van der Waals surface area contributed by atoms with E-state index in [1.54, 1.807) is 0 Å². The van der Waals surface area contributed by atoms with Gasteiger partial charge in [0.1, 0.15) is 6.04 Å². The summed E-state index contributed by atoms with van der Waals surface area (Å²) in [5.74, 6) is 0.467. The van der Waals surface area contributed by atoms with Crippen molar-refractivity contribution >= 4 is 5.91 Å². The van der Waals surface area contributed by atoms with Crippen molar-refractivity contribution in [3.05, 3.63) is 23.0 Å². The number of nitrogens with zero attached hydrogens (tertiary/aromatic N) is 4. The summed E-state index contributed by atoms with van der Waals surface area (Å²) in [6, 6.07) is 5.01. The van der Waals surface area contributed by atoms with Crippen molar-refractivity contribution in [3.63, 3.8) is 0 Å². The maximum absolute atomic E-state index is 13.2. The Labute approximate surface area is 163 Å². The fraction of sp³-hybridized carbons (Fsp3) is 0.727. The number of aromatic nitrogens is 1. The van der Waals surface area contributed by atoms with Crippen LogP contribution in [0.2, 0.25) is 0 Å². The van der Waals surface area contributed by atoms with E-state index in [-0.39, 0.29) is 11.9 Å². The monoisotopic (exact) mass is 370 g/mol. The number of aryl methyl sites for hydroxylation is 1. The standard InChI is InChI=1S/C22H34N4O/c1-16(2)21(15-23)24-10-12-25(13-11-24)22(27)20-14-17(3)26(18(20)4)19-8-6-5-7-9-19/h14,16,19,21H,5-13H2,1-4H3. The van der Waals surface area contributed by atoms with Crippen LogP contribution in [0.25, 0.3) is 0 Å². The third-order valence-corrected chi connectivity index (χ3v) is 6.41. The number of nitriles is 1. The van der Waals surface area contributed by atoms with Gasteiger partial charge in [-0.2, -0.15) is 5.26 Å². The number of piperazine rings is 1. The van der Waals surface area contributed by atoms with E-state index >= 15 is 0 Å². The molecule has 0 aromatic carbocycles. The summed E-state index contributed by atoms with van der Waals surface area (Å²) in [4.78, 5) is 17.4. The van der Waals surface area contributed by atoms with Crippen LogP contribution in [0.5, 0.6) is 0 Å². The molecule has 27 heavy (non-hydrogen) atoms. The molecule has 3 rings (SSSR count). The van der Waals surface area contributed by atoms with E-state index in [2.05, 4.69) is 49.3 Å². The number of amides is 1. The van der Waals surface area contributed by atoms with E-state index in [9.17, 15) is 10.1 Å². The van der Waals surface area contributed by atoms with E-state index in [1.807, 2.05) is 4.90 Å². The molecule has 0 spiro atoms. The molecular formula is C22H34N4O. The van der Waals surface area contributed by atoms with Crippen LogP contribution in [0.3, 0.4) is 0 Å². The first-order chi connectivity index (χ1) is 12.9. The number of carbonyl (C=O) groups is 1. The minimum atomic E-state index is -0.0568. The molecule has 1 aliphatic carbocycles. The molecule has 1 aromatic heterocycles. The van der Waals surface area contributed by atoms with Gasteiger partial charge >= 0.3 is 0 Å². The Morgan fingerprint density at radius 3 is 2.30 bits per heavy atom. The second-order valence-electron chi connectivity index (χ2n) is 8.59. The Morgan fingerprint density at radius 1 is 1.11 bits per heavy atom. The van der Waals surface area contributed by atoms with Crippen molar-refractivity contribution in [1.29, 1.82) is 5.26 Å². The third-order valence-electron chi connectivity index (χ3n) is 6.41. The van der Waals surface area contributed by atoms with Crippen LogP contribution in [-0.4, -0.2) is 52.5 Å². The highest BCUT2D eigenvalue weighted by atomic mass is 16.2. The average Bonchev–Trinajstić information content (AvgIpc) is 2.97. The Morgan fingerprint density at radius 2 is 1.74 bits per heavy atom. The molecule has 1 amide bonds. The van der Waals surface area contributed by atoms with Gasteiger partial charge in [0.05, 0.1) is 11.6 Å². The molecule has 2 aliphatic rings. The first-order valence-electron chi connectivity index (χ1n) is 10.6. The lowest BCUT2D eigenvalue weighted by Gasteiger charge is -2.38. The van der Waals surface area contributed by atoms with Crippen molar-refractivity contribution in [1.82, 2.24) is 14.4 Å². The van der Waals surface area contributed by atoms with Gasteiger partial charge in [0, 0.05) is 43.6 Å². The molecule has 1 aliphatic heterocycles. The van der Waals surface area contributed by atoms with Gasteiger partial charge in [-0.15, -0.1) is 0 Å². The number of hydrogen-bond donors (Lipinski definition) is 0. The average molecular weight is 371 g/mol. The van der Waals surface area contributed by atoms with Gasteiger partial charge in [0.2, 0.25) is 0 Å². The first kappa shape index (κ1) is 19.9. The second kappa shape index (κ2) is 8.48. The fourth-order valence-corrected chi connectivity index (χ4v) is 4.92. The number of hydrogen-bond acceptors (Lipinski definition) is 3. The normalized spacial score (nSPS) is 20.7. The van der Waals surface area contributed by atoms with Crippen molar-refractivity contribution in [2.24, 2.45) is 5.92 Å². The predicted octanol–water partition coefficient (Wildman–Crippen LogP) is 3.92. The molecule has 0 bridgehead atoms. The van der Waals surface area contributed by atoms with Gasteiger partial charge in [-0.3, -0.25) is 9.69 Å². The van der Waals surface area contributed by atoms with E-state index in [0.29, 0.717) is 25.0 Å². The third kappa shape index (κ3) is 4.06. The Hall–Kier alpha value is -1.80. The van der Waals surface area contributed by atoms with E-state index in [1.165, 1.54) is 37.8 Å². The topological polar surface area (TPSA) is 52.3 Å². The van der Waals surface area contributed by atoms with Crippen LogP contribution in [0.15, 0.2) is 6.07 Å². The van der Waals surface area contributed by atoms with Gasteiger partial charge in [-0.1, -0.05) is 33.1 Å². The SMILES string of the molecule is Cc1cc(C(=O)N2CCN(C(C#N)C(C)C)CC2)c(C)n1C1CCCCC1. The van der Waals surface area contributed by atoms with Gasteiger partial charge in [-0.25, -0.2) is 0 Å². The lowest BCUT2D eigenvalue weighted by Crippen LogP contribution is -2.52. The maximum atomic E-state index is 13.2. The van der Waals surface area contributed by atoms with Crippen LogP contribution in [0, 0.1) is 31.1 Å². The molecule has 1 saturated carbocycles. The van der Waals surface area contributed by atoms with E-state index < -0.39 is 0 Å². The molecule has 1 atom stereocenters. The summed E-state index contributed by atoms with van der Waals surface area (Å²) < 4.78 is 2.41. The summed E-state index contributed by atoms with van der Waals surface area (Å²) in [7, 11) is 0. The molecule has 5 heteroatoms. The van der Waals surface area contributed by atoms with Crippen molar-refractivity contribution in [2.45, 2.75) is 71.9 Å². The number of carbonyl (C=O) groups excluding carboxylic acids is 1. The summed E-state index contributed by atoms with van der Waals surface area (Å²) in [5.41, 5.74) is 3.21. The van der Waals surface area contributed by atoms with Crippen LogP contribution in [0.4, 0.5) is 0 Å². The van der Waals surface area contributed by atoms with E-state index in [4.69, 9.17) is 0 Å². The molecule has 0 radical (unpaired) electrons. The fourth-order valence-electron chi connectivity index (χ4n) is 4.92. The van der Waals surface area contributed by atoms with Crippen LogP contribution < -0.4 is 0 Å². The molecule has 2 heterocycles. The van der Waals surface area contributed by atoms with E-state index in [0.717, 1.165) is 24.3 Å². The largest absolute Gasteiger partial charge is 0.345 e. The van der Waals surface area contributed by atoms with Gasteiger partial charge in [0.15, 0.2) is 0 Å².